The van der Waals surface area contributed by atoms with Crippen LogP contribution in [0.5, 0.6) is 5.75 Å². The summed E-state index contributed by atoms with van der Waals surface area (Å²) in [4.78, 5) is 23.4. The summed E-state index contributed by atoms with van der Waals surface area (Å²) in [6, 6.07) is 9.72. The monoisotopic (exact) mass is 284 g/mol. The Kier molecular flexibility index (Phi) is 4.78. The topological polar surface area (TPSA) is 65.7 Å². The van der Waals surface area contributed by atoms with Crippen LogP contribution in [0, 0.1) is 12.3 Å². The molecular weight excluding hydrogens is 272 g/mol. The van der Waals surface area contributed by atoms with Crippen molar-refractivity contribution >= 4 is 5.97 Å². The Morgan fingerprint density at radius 3 is 2.71 bits per heavy atom. The third kappa shape index (κ3) is 3.98. The molecular formula is C16H12O5. The molecule has 1 heterocycles. The Hall–Kier alpha value is -3.00. The molecule has 0 saturated carbocycles. The van der Waals surface area contributed by atoms with E-state index >= 15 is 0 Å². The standard InChI is InChI=1S/C16H12O5/c1-2-8-19-15-11-20-13(9-14(15)17)10-21-16(18)12-6-4-3-5-7-12/h1,3-7,9,11H,8,10H2. The van der Waals surface area contributed by atoms with Gasteiger partial charge in [0.15, 0.2) is 0 Å². The van der Waals surface area contributed by atoms with Gasteiger partial charge in [0, 0.05) is 6.07 Å². The van der Waals surface area contributed by atoms with Crippen molar-refractivity contribution in [1.82, 2.24) is 0 Å². The van der Waals surface area contributed by atoms with Gasteiger partial charge in [0.25, 0.3) is 0 Å². The fourth-order valence-corrected chi connectivity index (χ4v) is 1.53. The maximum absolute atomic E-state index is 11.7. The fraction of sp³-hybridized carbons (Fsp3) is 0.125. The third-order valence-electron chi connectivity index (χ3n) is 2.52. The maximum atomic E-state index is 11.7. The lowest BCUT2D eigenvalue weighted by Gasteiger charge is -2.05. The third-order valence-corrected chi connectivity index (χ3v) is 2.52. The minimum Gasteiger partial charge on any atom is -0.474 e. The van der Waals surface area contributed by atoms with Crippen molar-refractivity contribution < 1.29 is 18.7 Å². The molecule has 1 aromatic heterocycles. The zero-order valence-electron chi connectivity index (χ0n) is 11.1. The number of ether oxygens (including phenoxy) is 2. The molecule has 0 aliphatic heterocycles. The lowest BCUT2D eigenvalue weighted by atomic mass is 10.2. The van der Waals surface area contributed by atoms with Crippen molar-refractivity contribution in [2.75, 3.05) is 6.61 Å². The molecule has 0 spiro atoms. The average molecular weight is 284 g/mol. The predicted molar refractivity (Wildman–Crippen MR) is 74.9 cm³/mol. The van der Waals surface area contributed by atoms with E-state index in [0.29, 0.717) is 5.56 Å². The maximum Gasteiger partial charge on any atom is 0.338 e. The minimum absolute atomic E-state index is 0.0195. The molecule has 2 aromatic rings. The summed E-state index contributed by atoms with van der Waals surface area (Å²) < 4.78 is 15.2. The quantitative estimate of drug-likeness (QED) is 0.620. The molecule has 5 nitrogen and oxygen atoms in total. The number of hydrogen-bond donors (Lipinski definition) is 0. The summed E-state index contributed by atoms with van der Waals surface area (Å²) in [5.74, 6) is 1.99. The molecule has 0 N–H and O–H groups in total. The van der Waals surface area contributed by atoms with Crippen molar-refractivity contribution in [3.8, 4) is 18.1 Å². The first-order valence-electron chi connectivity index (χ1n) is 6.11. The number of esters is 1. The van der Waals surface area contributed by atoms with Gasteiger partial charge in [0.05, 0.1) is 5.56 Å². The van der Waals surface area contributed by atoms with Crippen LogP contribution >= 0.6 is 0 Å². The van der Waals surface area contributed by atoms with Gasteiger partial charge in [0.2, 0.25) is 11.2 Å². The van der Waals surface area contributed by atoms with Crippen molar-refractivity contribution in [2.24, 2.45) is 0 Å². The molecule has 1 aromatic carbocycles. The summed E-state index contributed by atoms with van der Waals surface area (Å²) in [5, 5.41) is 0. The zero-order valence-corrected chi connectivity index (χ0v) is 11.1. The first kappa shape index (κ1) is 14.4. The van der Waals surface area contributed by atoms with Gasteiger partial charge in [-0.25, -0.2) is 4.79 Å². The van der Waals surface area contributed by atoms with Crippen LogP contribution < -0.4 is 10.2 Å². The summed E-state index contributed by atoms with van der Waals surface area (Å²) in [7, 11) is 0. The van der Waals surface area contributed by atoms with E-state index in [0.717, 1.165) is 6.26 Å². The second kappa shape index (κ2) is 6.96. The van der Waals surface area contributed by atoms with Crippen molar-refractivity contribution in [2.45, 2.75) is 6.61 Å². The molecule has 21 heavy (non-hydrogen) atoms. The molecule has 0 radical (unpaired) electrons. The van der Waals surface area contributed by atoms with E-state index in [9.17, 15) is 9.59 Å². The van der Waals surface area contributed by atoms with Gasteiger partial charge in [0.1, 0.15) is 25.2 Å². The highest BCUT2D eigenvalue weighted by molar-refractivity contribution is 5.89. The number of carbonyl (C=O) groups is 1. The van der Waals surface area contributed by atoms with Gasteiger partial charge in [-0.15, -0.1) is 6.42 Å². The second-order valence-corrected chi connectivity index (χ2v) is 4.01. The molecule has 5 heteroatoms. The van der Waals surface area contributed by atoms with Crippen LogP contribution in [0.4, 0.5) is 0 Å². The van der Waals surface area contributed by atoms with E-state index in [4.69, 9.17) is 20.3 Å². The highest BCUT2D eigenvalue weighted by Gasteiger charge is 2.09. The normalized spacial score (nSPS) is 9.67. The largest absolute Gasteiger partial charge is 0.474 e. The van der Waals surface area contributed by atoms with Gasteiger partial charge in [-0.2, -0.15) is 0 Å². The number of terminal acetylenes is 1. The molecule has 0 atom stereocenters. The van der Waals surface area contributed by atoms with Crippen LogP contribution in [0.2, 0.25) is 0 Å². The number of carbonyl (C=O) groups excluding carboxylic acids is 1. The molecule has 2 rings (SSSR count). The number of rotatable bonds is 5. The van der Waals surface area contributed by atoms with E-state index in [2.05, 4.69) is 5.92 Å². The van der Waals surface area contributed by atoms with Crippen molar-refractivity contribution in [3.05, 3.63) is 64.2 Å². The SMILES string of the molecule is C#CCOc1coc(COC(=O)c2ccccc2)cc1=O. The van der Waals surface area contributed by atoms with Gasteiger partial charge in [-0.05, 0) is 12.1 Å². The van der Waals surface area contributed by atoms with Gasteiger partial charge >= 0.3 is 5.97 Å². The molecule has 0 fully saturated rings. The molecule has 0 bridgehead atoms. The molecule has 0 unspecified atom stereocenters. The highest BCUT2D eigenvalue weighted by atomic mass is 16.5. The van der Waals surface area contributed by atoms with Crippen LogP contribution in [-0.4, -0.2) is 12.6 Å². The summed E-state index contributed by atoms with van der Waals surface area (Å²) in [5.41, 5.74) is 0.0380. The Morgan fingerprint density at radius 1 is 1.29 bits per heavy atom. The lowest BCUT2D eigenvalue weighted by Crippen LogP contribution is -2.10. The van der Waals surface area contributed by atoms with E-state index in [-0.39, 0.29) is 30.2 Å². The molecule has 0 amide bonds. The van der Waals surface area contributed by atoms with Crippen LogP contribution in [0.1, 0.15) is 16.1 Å². The second-order valence-electron chi connectivity index (χ2n) is 4.01. The van der Waals surface area contributed by atoms with E-state index in [1.54, 1.807) is 30.3 Å². The Balaban J connectivity index is 1.98. The Labute approximate surface area is 121 Å². The van der Waals surface area contributed by atoms with Crippen molar-refractivity contribution in [3.63, 3.8) is 0 Å². The van der Waals surface area contributed by atoms with Gasteiger partial charge in [-0.3, -0.25) is 4.79 Å². The molecule has 106 valence electrons. The summed E-state index contributed by atoms with van der Waals surface area (Å²) in [6.45, 7) is -0.161. The lowest BCUT2D eigenvalue weighted by molar-refractivity contribution is 0.0442. The summed E-state index contributed by atoms with van der Waals surface area (Å²) in [6.07, 6.45) is 6.17. The fourth-order valence-electron chi connectivity index (χ4n) is 1.53. The highest BCUT2D eigenvalue weighted by Crippen LogP contribution is 2.08. The van der Waals surface area contributed by atoms with Crippen molar-refractivity contribution in [1.29, 1.82) is 0 Å². The molecule has 0 aliphatic rings. The Bertz CT molecular complexity index is 709. The first-order chi connectivity index (χ1) is 10.2. The van der Waals surface area contributed by atoms with Crippen LogP contribution in [-0.2, 0) is 11.3 Å². The van der Waals surface area contributed by atoms with E-state index in [1.807, 2.05) is 0 Å². The van der Waals surface area contributed by atoms with Gasteiger partial charge in [-0.1, -0.05) is 24.1 Å². The van der Waals surface area contributed by atoms with Crippen LogP contribution in [0.25, 0.3) is 0 Å². The zero-order chi connectivity index (χ0) is 15.1. The average Bonchev–Trinajstić information content (AvgIpc) is 2.52. The number of hydrogen-bond acceptors (Lipinski definition) is 5. The summed E-state index contributed by atoms with van der Waals surface area (Å²) >= 11 is 0. The smallest absolute Gasteiger partial charge is 0.338 e. The van der Waals surface area contributed by atoms with E-state index < -0.39 is 5.97 Å². The predicted octanol–water partition coefficient (Wildman–Crippen LogP) is 2.01. The Morgan fingerprint density at radius 2 is 2.05 bits per heavy atom. The minimum atomic E-state index is -0.495. The van der Waals surface area contributed by atoms with Gasteiger partial charge < -0.3 is 13.9 Å². The van der Waals surface area contributed by atoms with Crippen LogP contribution in [0.3, 0.4) is 0 Å². The first-order valence-corrected chi connectivity index (χ1v) is 6.11. The van der Waals surface area contributed by atoms with Crippen LogP contribution in [0.15, 0.2) is 51.9 Å². The molecule has 0 saturated heterocycles. The molecule has 0 aliphatic carbocycles. The number of benzene rings is 1. The van der Waals surface area contributed by atoms with E-state index in [1.165, 1.54) is 6.07 Å².